The molecule has 0 saturated carbocycles. The van der Waals surface area contributed by atoms with Crippen molar-refractivity contribution in [2.24, 2.45) is 5.92 Å². The average Bonchev–Trinajstić information content (AvgIpc) is 3.02. The quantitative estimate of drug-likeness (QED) is 0.436. The Kier molecular flexibility index (Phi) is 7.59. The van der Waals surface area contributed by atoms with Gasteiger partial charge in [-0.05, 0) is 48.7 Å². The van der Waals surface area contributed by atoms with E-state index in [2.05, 4.69) is 5.32 Å². The zero-order valence-corrected chi connectivity index (χ0v) is 18.4. The summed E-state index contributed by atoms with van der Waals surface area (Å²) in [5.74, 6) is -1.09. The van der Waals surface area contributed by atoms with Gasteiger partial charge in [0.1, 0.15) is 5.75 Å². The van der Waals surface area contributed by atoms with Crippen LogP contribution >= 0.6 is 24.0 Å². The number of ether oxygens (including phenoxy) is 1. The van der Waals surface area contributed by atoms with Gasteiger partial charge in [-0.25, -0.2) is 4.79 Å². The Balaban J connectivity index is 1.55. The summed E-state index contributed by atoms with van der Waals surface area (Å²) in [6.45, 7) is 0. The zero-order valence-electron chi connectivity index (χ0n) is 16.8. The fourth-order valence-corrected chi connectivity index (χ4v) is 4.68. The van der Waals surface area contributed by atoms with Crippen LogP contribution in [0.25, 0.3) is 6.08 Å². The molecule has 1 unspecified atom stereocenters. The van der Waals surface area contributed by atoms with Gasteiger partial charge in [0, 0.05) is 6.42 Å². The number of thiocarbonyl (C=S) groups is 1. The number of hydrogen-bond donors (Lipinski definition) is 2. The standard InChI is InChI=1S/C23H21NO5S2/c1-29-15-11-9-14(10-12-15)13-19-21(26)17(23(30)31-19)6-4-8-20(25)24-18-7-3-2-5-16(18)22(27)28/h2-3,5,7,9-13,17H,4,6,8H2,1H3,(H,24,25)(H,27,28)/b19-13-. The first kappa shape index (κ1) is 22.7. The third kappa shape index (κ3) is 5.80. The van der Waals surface area contributed by atoms with Crippen molar-refractivity contribution in [3.63, 3.8) is 0 Å². The average molecular weight is 456 g/mol. The summed E-state index contributed by atoms with van der Waals surface area (Å²) in [6.07, 6.45) is 2.92. The van der Waals surface area contributed by atoms with Crippen molar-refractivity contribution >= 4 is 57.6 Å². The van der Waals surface area contributed by atoms with Crippen molar-refractivity contribution in [1.29, 1.82) is 0 Å². The zero-order chi connectivity index (χ0) is 22.4. The first-order valence-corrected chi connectivity index (χ1v) is 10.9. The molecular weight excluding hydrogens is 434 g/mol. The highest BCUT2D eigenvalue weighted by Gasteiger charge is 2.34. The summed E-state index contributed by atoms with van der Waals surface area (Å²) in [6, 6.07) is 13.6. The van der Waals surface area contributed by atoms with Gasteiger partial charge >= 0.3 is 5.97 Å². The monoisotopic (exact) mass is 455 g/mol. The number of nitrogens with one attached hydrogen (secondary N) is 1. The molecule has 1 atom stereocenters. The number of anilines is 1. The SMILES string of the molecule is COc1ccc(/C=C2\SC(=S)C(CCCC(=O)Nc3ccccc3C(=O)O)C2=O)cc1. The maximum Gasteiger partial charge on any atom is 0.337 e. The molecule has 1 fully saturated rings. The Hall–Kier alpha value is -2.97. The summed E-state index contributed by atoms with van der Waals surface area (Å²) in [7, 11) is 1.60. The maximum atomic E-state index is 12.8. The topological polar surface area (TPSA) is 92.7 Å². The first-order valence-electron chi connectivity index (χ1n) is 9.63. The van der Waals surface area contributed by atoms with E-state index in [9.17, 15) is 19.5 Å². The predicted molar refractivity (Wildman–Crippen MR) is 126 cm³/mol. The van der Waals surface area contributed by atoms with Gasteiger partial charge in [0.05, 0.1) is 33.4 Å². The molecule has 2 aromatic carbocycles. The predicted octanol–water partition coefficient (Wildman–Crippen LogP) is 4.80. The summed E-state index contributed by atoms with van der Waals surface area (Å²) in [4.78, 5) is 36.8. The number of Topliss-reactive ketones (excluding diaryl/α,β-unsaturated/α-hetero) is 1. The van der Waals surface area contributed by atoms with E-state index in [0.717, 1.165) is 11.3 Å². The van der Waals surface area contributed by atoms with Gasteiger partial charge in [-0.15, -0.1) is 0 Å². The van der Waals surface area contributed by atoms with E-state index in [1.165, 1.54) is 17.8 Å². The lowest BCUT2D eigenvalue weighted by atomic mass is 9.98. The van der Waals surface area contributed by atoms with Crippen LogP contribution < -0.4 is 10.1 Å². The number of carboxylic acid groups (broad SMARTS) is 1. The molecule has 2 N–H and O–H groups in total. The van der Waals surface area contributed by atoms with Crippen LogP contribution in [0, 0.1) is 5.92 Å². The van der Waals surface area contributed by atoms with Crippen LogP contribution in [0.1, 0.15) is 35.2 Å². The number of thioether (sulfide) groups is 1. The lowest BCUT2D eigenvalue weighted by Crippen LogP contribution is -2.17. The van der Waals surface area contributed by atoms with Crippen molar-refractivity contribution in [3.8, 4) is 5.75 Å². The van der Waals surface area contributed by atoms with Crippen molar-refractivity contribution < 1.29 is 24.2 Å². The third-order valence-corrected chi connectivity index (χ3v) is 6.36. The van der Waals surface area contributed by atoms with Gasteiger partial charge in [-0.3, -0.25) is 9.59 Å². The lowest BCUT2D eigenvalue weighted by Gasteiger charge is -2.09. The molecule has 0 aromatic heterocycles. The van der Waals surface area contributed by atoms with Gasteiger partial charge in [0.2, 0.25) is 5.91 Å². The Morgan fingerprint density at radius 1 is 1.19 bits per heavy atom. The Labute approximate surface area is 189 Å². The lowest BCUT2D eigenvalue weighted by molar-refractivity contribution is -0.118. The number of aromatic carboxylic acids is 1. The van der Waals surface area contributed by atoms with Crippen molar-refractivity contribution in [2.75, 3.05) is 12.4 Å². The molecule has 1 aliphatic rings. The number of ketones is 1. The molecule has 0 radical (unpaired) electrons. The molecule has 1 amide bonds. The highest BCUT2D eigenvalue weighted by atomic mass is 32.2. The van der Waals surface area contributed by atoms with Crippen molar-refractivity contribution in [2.45, 2.75) is 19.3 Å². The molecular formula is C23H21NO5S2. The molecule has 6 nitrogen and oxygen atoms in total. The van der Waals surface area contributed by atoms with E-state index in [4.69, 9.17) is 17.0 Å². The molecule has 8 heteroatoms. The number of methoxy groups -OCH3 is 1. The van der Waals surface area contributed by atoms with Crippen LogP contribution in [0.3, 0.4) is 0 Å². The highest BCUT2D eigenvalue weighted by Crippen LogP contribution is 2.38. The molecule has 2 aromatic rings. The van der Waals surface area contributed by atoms with Gasteiger partial charge in [0.15, 0.2) is 5.78 Å². The number of benzene rings is 2. The van der Waals surface area contributed by atoms with E-state index >= 15 is 0 Å². The van der Waals surface area contributed by atoms with Crippen LogP contribution in [0.4, 0.5) is 5.69 Å². The number of amides is 1. The highest BCUT2D eigenvalue weighted by molar-refractivity contribution is 8.27. The van der Waals surface area contributed by atoms with Gasteiger partial charge in [-0.1, -0.05) is 48.2 Å². The fraction of sp³-hybridized carbons (Fsp3) is 0.217. The Morgan fingerprint density at radius 2 is 1.90 bits per heavy atom. The van der Waals surface area contributed by atoms with Crippen LogP contribution in [0.15, 0.2) is 53.4 Å². The van der Waals surface area contributed by atoms with E-state index in [0.29, 0.717) is 21.9 Å². The number of hydrogen-bond acceptors (Lipinski definition) is 6. The van der Waals surface area contributed by atoms with Crippen LogP contribution in [0.5, 0.6) is 5.75 Å². The maximum absolute atomic E-state index is 12.8. The van der Waals surface area contributed by atoms with Crippen molar-refractivity contribution in [3.05, 3.63) is 64.6 Å². The summed E-state index contributed by atoms with van der Waals surface area (Å²) >= 11 is 6.69. The second-order valence-electron chi connectivity index (χ2n) is 6.91. The minimum atomic E-state index is -1.11. The molecule has 3 rings (SSSR count). The van der Waals surface area contributed by atoms with Gasteiger partial charge < -0.3 is 15.2 Å². The number of carbonyl (C=O) groups is 3. The van der Waals surface area contributed by atoms with E-state index in [1.54, 1.807) is 25.3 Å². The summed E-state index contributed by atoms with van der Waals surface area (Å²) < 4.78 is 5.75. The smallest absolute Gasteiger partial charge is 0.337 e. The Morgan fingerprint density at radius 3 is 2.58 bits per heavy atom. The summed E-state index contributed by atoms with van der Waals surface area (Å²) in [5, 5.41) is 11.8. The third-order valence-electron chi connectivity index (χ3n) is 4.80. The number of allylic oxidation sites excluding steroid dienone is 1. The fourth-order valence-electron chi connectivity index (χ4n) is 3.17. The minimum absolute atomic E-state index is 0.0255. The molecule has 1 heterocycles. The normalized spacial score (nSPS) is 17.1. The van der Waals surface area contributed by atoms with E-state index < -0.39 is 11.9 Å². The minimum Gasteiger partial charge on any atom is -0.497 e. The Bertz CT molecular complexity index is 1050. The molecule has 160 valence electrons. The largest absolute Gasteiger partial charge is 0.497 e. The molecule has 0 aliphatic carbocycles. The molecule has 0 bridgehead atoms. The van der Waals surface area contributed by atoms with Gasteiger partial charge in [0.25, 0.3) is 0 Å². The first-order chi connectivity index (χ1) is 14.9. The van der Waals surface area contributed by atoms with Crippen LogP contribution in [-0.2, 0) is 9.59 Å². The number of rotatable bonds is 8. The number of carboxylic acids is 1. The number of para-hydroxylation sites is 1. The second-order valence-corrected chi connectivity index (χ2v) is 8.69. The molecule has 31 heavy (non-hydrogen) atoms. The van der Waals surface area contributed by atoms with Crippen LogP contribution in [0.2, 0.25) is 0 Å². The van der Waals surface area contributed by atoms with E-state index in [1.807, 2.05) is 30.3 Å². The van der Waals surface area contributed by atoms with Crippen molar-refractivity contribution in [1.82, 2.24) is 0 Å². The van der Waals surface area contributed by atoms with E-state index in [-0.39, 0.29) is 29.4 Å². The molecule has 1 aliphatic heterocycles. The summed E-state index contributed by atoms with van der Waals surface area (Å²) in [5.41, 5.74) is 1.18. The molecule has 0 spiro atoms. The second kappa shape index (κ2) is 10.4. The number of carbonyl (C=O) groups excluding carboxylic acids is 2. The van der Waals surface area contributed by atoms with Crippen LogP contribution in [-0.4, -0.2) is 34.1 Å². The molecule has 1 saturated heterocycles. The van der Waals surface area contributed by atoms with Gasteiger partial charge in [-0.2, -0.15) is 0 Å².